The third kappa shape index (κ3) is 1.99. The SMILES string of the molecule is CCCNCC1(N(C)C)CCC1. The van der Waals surface area contributed by atoms with Gasteiger partial charge in [0.05, 0.1) is 0 Å². The number of rotatable bonds is 5. The third-order valence-electron chi connectivity index (χ3n) is 3.11. The van der Waals surface area contributed by atoms with Crippen LogP contribution in [-0.4, -0.2) is 37.6 Å². The van der Waals surface area contributed by atoms with Gasteiger partial charge in [0, 0.05) is 12.1 Å². The van der Waals surface area contributed by atoms with E-state index >= 15 is 0 Å². The van der Waals surface area contributed by atoms with Crippen LogP contribution in [0.2, 0.25) is 0 Å². The largest absolute Gasteiger partial charge is 0.315 e. The zero-order valence-electron chi connectivity index (χ0n) is 8.69. The summed E-state index contributed by atoms with van der Waals surface area (Å²) in [6.07, 6.45) is 5.39. The Labute approximate surface area is 76.3 Å². The van der Waals surface area contributed by atoms with E-state index in [2.05, 4.69) is 31.2 Å². The van der Waals surface area contributed by atoms with E-state index in [1.807, 2.05) is 0 Å². The number of hydrogen-bond donors (Lipinski definition) is 1. The highest BCUT2D eigenvalue weighted by Gasteiger charge is 2.38. The molecule has 0 aromatic heterocycles. The molecule has 2 nitrogen and oxygen atoms in total. The van der Waals surface area contributed by atoms with E-state index in [4.69, 9.17) is 0 Å². The van der Waals surface area contributed by atoms with Crippen molar-refractivity contribution >= 4 is 0 Å². The van der Waals surface area contributed by atoms with Crippen LogP contribution < -0.4 is 5.32 Å². The van der Waals surface area contributed by atoms with Crippen LogP contribution in [0.5, 0.6) is 0 Å². The second kappa shape index (κ2) is 4.24. The molecule has 1 aliphatic carbocycles. The van der Waals surface area contributed by atoms with Gasteiger partial charge in [0.1, 0.15) is 0 Å². The molecular weight excluding hydrogens is 148 g/mol. The van der Waals surface area contributed by atoms with Crippen LogP contribution in [0.25, 0.3) is 0 Å². The molecule has 0 aromatic rings. The predicted octanol–water partition coefficient (Wildman–Crippen LogP) is 1.47. The summed E-state index contributed by atoms with van der Waals surface area (Å²) in [6, 6.07) is 0. The van der Waals surface area contributed by atoms with Crippen LogP contribution in [-0.2, 0) is 0 Å². The average molecular weight is 170 g/mol. The van der Waals surface area contributed by atoms with E-state index in [0.29, 0.717) is 5.54 Å². The van der Waals surface area contributed by atoms with Gasteiger partial charge >= 0.3 is 0 Å². The molecule has 72 valence electrons. The lowest BCUT2D eigenvalue weighted by Crippen LogP contribution is -2.56. The van der Waals surface area contributed by atoms with Crippen molar-refractivity contribution in [3.05, 3.63) is 0 Å². The van der Waals surface area contributed by atoms with Crippen LogP contribution in [0.3, 0.4) is 0 Å². The average Bonchev–Trinajstić information content (AvgIpc) is 1.94. The Kier molecular flexibility index (Phi) is 3.53. The zero-order valence-corrected chi connectivity index (χ0v) is 8.69. The topological polar surface area (TPSA) is 15.3 Å². The first-order valence-corrected chi connectivity index (χ1v) is 5.09. The molecule has 0 atom stereocenters. The van der Waals surface area contributed by atoms with Gasteiger partial charge < -0.3 is 10.2 Å². The molecule has 1 saturated carbocycles. The number of nitrogens with one attached hydrogen (secondary N) is 1. The normalized spacial score (nSPS) is 21.0. The highest BCUT2D eigenvalue weighted by atomic mass is 15.2. The molecule has 0 bridgehead atoms. The van der Waals surface area contributed by atoms with Crippen molar-refractivity contribution in [1.29, 1.82) is 0 Å². The Morgan fingerprint density at radius 1 is 1.33 bits per heavy atom. The van der Waals surface area contributed by atoms with Crippen molar-refractivity contribution in [2.45, 2.75) is 38.1 Å². The lowest BCUT2D eigenvalue weighted by molar-refractivity contribution is 0.0603. The third-order valence-corrected chi connectivity index (χ3v) is 3.11. The molecule has 0 aromatic carbocycles. The standard InChI is InChI=1S/C10H22N2/c1-4-8-11-9-10(12(2)3)6-5-7-10/h11H,4-9H2,1-3H3. The molecule has 1 N–H and O–H groups in total. The molecule has 1 fully saturated rings. The fourth-order valence-corrected chi connectivity index (χ4v) is 1.86. The fraction of sp³-hybridized carbons (Fsp3) is 1.00. The Bertz CT molecular complexity index is 128. The molecular formula is C10H22N2. The van der Waals surface area contributed by atoms with Gasteiger partial charge in [-0.05, 0) is 46.3 Å². The van der Waals surface area contributed by atoms with Crippen molar-refractivity contribution < 1.29 is 0 Å². The lowest BCUT2D eigenvalue weighted by atomic mass is 9.75. The molecule has 0 amide bonds. The van der Waals surface area contributed by atoms with Gasteiger partial charge in [-0.25, -0.2) is 0 Å². The molecule has 0 aliphatic heterocycles. The summed E-state index contributed by atoms with van der Waals surface area (Å²) >= 11 is 0. The molecule has 2 heteroatoms. The Morgan fingerprint density at radius 3 is 2.33 bits per heavy atom. The quantitative estimate of drug-likeness (QED) is 0.629. The molecule has 0 unspecified atom stereocenters. The van der Waals surface area contributed by atoms with Crippen LogP contribution in [0.1, 0.15) is 32.6 Å². The van der Waals surface area contributed by atoms with Gasteiger partial charge in [-0.15, -0.1) is 0 Å². The molecule has 0 radical (unpaired) electrons. The van der Waals surface area contributed by atoms with E-state index in [9.17, 15) is 0 Å². The molecule has 1 aliphatic rings. The summed E-state index contributed by atoms with van der Waals surface area (Å²) < 4.78 is 0. The smallest absolute Gasteiger partial charge is 0.0327 e. The minimum absolute atomic E-state index is 0.495. The van der Waals surface area contributed by atoms with E-state index in [1.165, 1.54) is 32.2 Å². The van der Waals surface area contributed by atoms with Crippen molar-refractivity contribution in [3.63, 3.8) is 0 Å². The molecule has 0 spiro atoms. The van der Waals surface area contributed by atoms with Crippen molar-refractivity contribution in [1.82, 2.24) is 10.2 Å². The number of likely N-dealkylation sites (N-methyl/N-ethyl adjacent to an activating group) is 1. The van der Waals surface area contributed by atoms with Crippen LogP contribution in [0, 0.1) is 0 Å². The van der Waals surface area contributed by atoms with Gasteiger partial charge in [-0.2, -0.15) is 0 Å². The second-order valence-corrected chi connectivity index (χ2v) is 4.15. The molecule has 0 saturated heterocycles. The second-order valence-electron chi connectivity index (χ2n) is 4.15. The fourth-order valence-electron chi connectivity index (χ4n) is 1.86. The van der Waals surface area contributed by atoms with Crippen LogP contribution >= 0.6 is 0 Å². The summed E-state index contributed by atoms with van der Waals surface area (Å²) in [6.45, 7) is 4.56. The first-order chi connectivity index (χ1) is 5.71. The zero-order chi connectivity index (χ0) is 9.03. The van der Waals surface area contributed by atoms with Gasteiger partial charge in [0.25, 0.3) is 0 Å². The Balaban J connectivity index is 2.25. The summed E-state index contributed by atoms with van der Waals surface area (Å²) in [7, 11) is 4.40. The van der Waals surface area contributed by atoms with Gasteiger partial charge in [-0.1, -0.05) is 6.92 Å². The van der Waals surface area contributed by atoms with Crippen molar-refractivity contribution in [2.24, 2.45) is 0 Å². The molecule has 12 heavy (non-hydrogen) atoms. The minimum atomic E-state index is 0.495. The molecule has 0 heterocycles. The van der Waals surface area contributed by atoms with E-state index in [-0.39, 0.29) is 0 Å². The Hall–Kier alpha value is -0.0800. The maximum absolute atomic E-state index is 3.52. The number of hydrogen-bond acceptors (Lipinski definition) is 2. The van der Waals surface area contributed by atoms with E-state index in [1.54, 1.807) is 0 Å². The summed E-state index contributed by atoms with van der Waals surface area (Å²) in [5.74, 6) is 0. The van der Waals surface area contributed by atoms with Gasteiger partial charge in [0.2, 0.25) is 0 Å². The Morgan fingerprint density at radius 2 is 2.00 bits per heavy atom. The summed E-state index contributed by atoms with van der Waals surface area (Å²) in [5, 5.41) is 3.52. The minimum Gasteiger partial charge on any atom is -0.315 e. The monoisotopic (exact) mass is 170 g/mol. The van der Waals surface area contributed by atoms with Gasteiger partial charge in [-0.3, -0.25) is 0 Å². The van der Waals surface area contributed by atoms with E-state index in [0.717, 1.165) is 6.54 Å². The maximum atomic E-state index is 3.52. The first-order valence-electron chi connectivity index (χ1n) is 5.09. The maximum Gasteiger partial charge on any atom is 0.0327 e. The molecule has 1 rings (SSSR count). The lowest BCUT2D eigenvalue weighted by Gasteiger charge is -2.47. The van der Waals surface area contributed by atoms with Gasteiger partial charge in [0.15, 0.2) is 0 Å². The summed E-state index contributed by atoms with van der Waals surface area (Å²) in [5.41, 5.74) is 0.495. The van der Waals surface area contributed by atoms with Crippen molar-refractivity contribution in [2.75, 3.05) is 27.2 Å². The highest BCUT2D eigenvalue weighted by molar-refractivity contribution is 4.97. The number of nitrogens with zero attached hydrogens (tertiary/aromatic N) is 1. The highest BCUT2D eigenvalue weighted by Crippen LogP contribution is 2.35. The first kappa shape index (κ1) is 10.0. The van der Waals surface area contributed by atoms with Crippen molar-refractivity contribution in [3.8, 4) is 0 Å². The van der Waals surface area contributed by atoms with E-state index < -0.39 is 0 Å². The predicted molar refractivity (Wildman–Crippen MR) is 53.4 cm³/mol. The van der Waals surface area contributed by atoms with Crippen LogP contribution in [0.15, 0.2) is 0 Å². The summed E-state index contributed by atoms with van der Waals surface area (Å²) in [4.78, 5) is 2.39. The van der Waals surface area contributed by atoms with Crippen LogP contribution in [0.4, 0.5) is 0 Å².